The molecule has 1 N–H and O–H groups in total. The number of fused-ring (bicyclic) bond motifs is 1. The quantitative estimate of drug-likeness (QED) is 0.742. The minimum atomic E-state index is -0.260. The van der Waals surface area contributed by atoms with E-state index in [9.17, 15) is 14.4 Å². The molecule has 2 saturated heterocycles. The van der Waals surface area contributed by atoms with Crippen molar-refractivity contribution >= 4 is 22.6 Å². The van der Waals surface area contributed by atoms with E-state index in [1.165, 1.54) is 0 Å². The summed E-state index contributed by atoms with van der Waals surface area (Å²) in [5, 5.41) is 7.78. The lowest BCUT2D eigenvalue weighted by molar-refractivity contribution is -0.140. The Balaban J connectivity index is 1.33. The van der Waals surface area contributed by atoms with Crippen molar-refractivity contribution in [1.82, 2.24) is 24.9 Å². The fraction of sp³-hybridized carbons (Fsp3) is 0.500. The average molecular weight is 399 g/mol. The summed E-state index contributed by atoms with van der Waals surface area (Å²) in [6, 6.07) is 7.15. The highest BCUT2D eigenvalue weighted by molar-refractivity contribution is 5.88. The second-order valence-electron chi connectivity index (χ2n) is 7.37. The minimum absolute atomic E-state index is 0.0463. The predicted octanol–water partition coefficient (Wildman–Crippen LogP) is -0.531. The van der Waals surface area contributed by atoms with E-state index in [2.05, 4.69) is 15.1 Å². The van der Waals surface area contributed by atoms with Crippen molar-refractivity contribution in [2.75, 3.05) is 59.0 Å². The minimum Gasteiger partial charge on any atom is -0.379 e. The third kappa shape index (κ3) is 4.46. The first kappa shape index (κ1) is 19.5. The number of carbonyl (C=O) groups excluding carboxylic acids is 2. The lowest BCUT2D eigenvalue weighted by Gasteiger charge is -2.36. The summed E-state index contributed by atoms with van der Waals surface area (Å²) in [4.78, 5) is 42.9. The highest BCUT2D eigenvalue weighted by atomic mass is 16.5. The number of carbonyl (C=O) groups is 2. The predicted molar refractivity (Wildman–Crippen MR) is 106 cm³/mol. The molecular formula is C20H25N5O4. The number of piperazine rings is 1. The molecule has 0 saturated carbocycles. The molecule has 0 bridgehead atoms. The largest absolute Gasteiger partial charge is 0.379 e. The SMILES string of the molecule is O=C(Cc1n[nH]c(=O)c2ccccc12)N1CCN(C(=O)CN2CCOCC2)CC1. The van der Waals surface area contributed by atoms with E-state index >= 15 is 0 Å². The Morgan fingerprint density at radius 1 is 0.931 bits per heavy atom. The first-order valence-corrected chi connectivity index (χ1v) is 9.94. The lowest BCUT2D eigenvalue weighted by atomic mass is 10.1. The maximum atomic E-state index is 12.8. The fourth-order valence-electron chi connectivity index (χ4n) is 3.82. The van der Waals surface area contributed by atoms with Crippen LogP contribution in [0, 0.1) is 0 Å². The number of nitrogens with one attached hydrogen (secondary N) is 1. The molecule has 0 aliphatic carbocycles. The number of hydrogen-bond acceptors (Lipinski definition) is 6. The van der Waals surface area contributed by atoms with Crippen LogP contribution in [0.5, 0.6) is 0 Å². The molecule has 2 fully saturated rings. The van der Waals surface area contributed by atoms with E-state index in [1.807, 2.05) is 17.0 Å². The van der Waals surface area contributed by atoms with Gasteiger partial charge in [0.2, 0.25) is 11.8 Å². The Bertz CT molecular complexity index is 945. The first-order valence-electron chi connectivity index (χ1n) is 9.94. The lowest BCUT2D eigenvalue weighted by Crippen LogP contribution is -2.53. The van der Waals surface area contributed by atoms with Crippen molar-refractivity contribution in [3.05, 3.63) is 40.3 Å². The highest BCUT2D eigenvalue weighted by Crippen LogP contribution is 2.14. The first-order chi connectivity index (χ1) is 14.1. The van der Waals surface area contributed by atoms with Crippen LogP contribution in [0.4, 0.5) is 0 Å². The number of aromatic amines is 1. The number of hydrogen-bond donors (Lipinski definition) is 1. The van der Waals surface area contributed by atoms with Gasteiger partial charge in [-0.05, 0) is 6.07 Å². The Morgan fingerprint density at radius 3 is 2.24 bits per heavy atom. The second kappa shape index (κ2) is 8.71. The molecule has 1 aromatic carbocycles. The monoisotopic (exact) mass is 399 g/mol. The van der Waals surface area contributed by atoms with E-state index < -0.39 is 0 Å². The summed E-state index contributed by atoms with van der Waals surface area (Å²) < 4.78 is 5.31. The van der Waals surface area contributed by atoms with Gasteiger partial charge < -0.3 is 14.5 Å². The number of H-pyrrole nitrogens is 1. The Hall–Kier alpha value is -2.78. The van der Waals surface area contributed by atoms with Crippen LogP contribution in [0.15, 0.2) is 29.1 Å². The zero-order chi connectivity index (χ0) is 20.2. The normalized spacial score (nSPS) is 18.2. The molecule has 0 unspecified atom stereocenters. The van der Waals surface area contributed by atoms with E-state index in [0.29, 0.717) is 62.4 Å². The van der Waals surface area contributed by atoms with Gasteiger partial charge in [0.1, 0.15) is 0 Å². The van der Waals surface area contributed by atoms with Crippen LogP contribution in [-0.2, 0) is 20.7 Å². The van der Waals surface area contributed by atoms with E-state index in [4.69, 9.17) is 4.74 Å². The third-order valence-corrected chi connectivity index (χ3v) is 5.54. The van der Waals surface area contributed by atoms with Crippen molar-refractivity contribution in [3.63, 3.8) is 0 Å². The molecule has 2 aromatic rings. The number of nitrogens with zero attached hydrogens (tertiary/aromatic N) is 4. The Kier molecular flexibility index (Phi) is 5.86. The molecule has 3 heterocycles. The standard InChI is InChI=1S/C20H25N5O4/c26-18(13-17-15-3-1-2-4-16(15)20(28)22-21-17)24-5-7-25(8-6-24)19(27)14-23-9-11-29-12-10-23/h1-4H,5-14H2,(H,22,28). The molecule has 9 nitrogen and oxygen atoms in total. The molecule has 9 heteroatoms. The van der Waals surface area contributed by atoms with Gasteiger partial charge in [0.25, 0.3) is 5.56 Å². The fourth-order valence-corrected chi connectivity index (χ4v) is 3.82. The van der Waals surface area contributed by atoms with Crippen molar-refractivity contribution < 1.29 is 14.3 Å². The number of amides is 2. The summed E-state index contributed by atoms with van der Waals surface area (Å²) in [5.74, 6) is 0.0577. The molecular weight excluding hydrogens is 374 g/mol. The van der Waals surface area contributed by atoms with Crippen molar-refractivity contribution in [3.8, 4) is 0 Å². The number of morpholine rings is 1. The number of aromatic nitrogens is 2. The van der Waals surface area contributed by atoms with Gasteiger partial charge in [-0.3, -0.25) is 19.3 Å². The third-order valence-electron chi connectivity index (χ3n) is 5.54. The second-order valence-corrected chi connectivity index (χ2v) is 7.37. The van der Waals surface area contributed by atoms with Crippen LogP contribution >= 0.6 is 0 Å². The average Bonchev–Trinajstić information content (AvgIpc) is 2.76. The summed E-state index contributed by atoms with van der Waals surface area (Å²) >= 11 is 0. The maximum absolute atomic E-state index is 12.8. The van der Waals surface area contributed by atoms with Gasteiger partial charge in [-0.25, -0.2) is 5.10 Å². The van der Waals surface area contributed by atoms with Crippen LogP contribution in [0.25, 0.3) is 10.8 Å². The van der Waals surface area contributed by atoms with Gasteiger partial charge in [-0.1, -0.05) is 18.2 Å². The topological polar surface area (TPSA) is 98.8 Å². The van der Waals surface area contributed by atoms with Crippen molar-refractivity contribution in [1.29, 1.82) is 0 Å². The van der Waals surface area contributed by atoms with Crippen LogP contribution in [0.2, 0.25) is 0 Å². The highest BCUT2D eigenvalue weighted by Gasteiger charge is 2.26. The molecule has 0 atom stereocenters. The molecule has 2 aliphatic heterocycles. The Labute approximate surface area is 168 Å². The van der Waals surface area contributed by atoms with Gasteiger partial charge in [0, 0.05) is 44.7 Å². The van der Waals surface area contributed by atoms with Crippen LogP contribution in [0.1, 0.15) is 5.69 Å². The summed E-state index contributed by atoms with van der Waals surface area (Å²) in [6.45, 7) is 5.40. The summed E-state index contributed by atoms with van der Waals surface area (Å²) in [5.41, 5.74) is 0.306. The van der Waals surface area contributed by atoms with Gasteiger partial charge in [-0.15, -0.1) is 0 Å². The Morgan fingerprint density at radius 2 is 1.55 bits per heavy atom. The molecule has 0 spiro atoms. The van der Waals surface area contributed by atoms with Crippen LogP contribution in [0.3, 0.4) is 0 Å². The smallest absolute Gasteiger partial charge is 0.272 e. The molecule has 29 heavy (non-hydrogen) atoms. The zero-order valence-corrected chi connectivity index (χ0v) is 16.3. The molecule has 2 amide bonds. The summed E-state index contributed by atoms with van der Waals surface area (Å²) in [7, 11) is 0. The number of rotatable bonds is 4. The van der Waals surface area contributed by atoms with Crippen molar-refractivity contribution in [2.45, 2.75) is 6.42 Å². The van der Waals surface area contributed by atoms with Gasteiger partial charge >= 0.3 is 0 Å². The molecule has 1 aromatic heterocycles. The van der Waals surface area contributed by atoms with E-state index in [-0.39, 0.29) is 23.8 Å². The number of benzene rings is 1. The van der Waals surface area contributed by atoms with Crippen LogP contribution in [-0.4, -0.2) is 95.7 Å². The number of ether oxygens (including phenoxy) is 1. The zero-order valence-electron chi connectivity index (χ0n) is 16.3. The van der Waals surface area contributed by atoms with Crippen LogP contribution < -0.4 is 5.56 Å². The molecule has 0 radical (unpaired) electrons. The maximum Gasteiger partial charge on any atom is 0.272 e. The van der Waals surface area contributed by atoms with Gasteiger partial charge in [-0.2, -0.15) is 5.10 Å². The van der Waals surface area contributed by atoms with E-state index in [0.717, 1.165) is 13.1 Å². The van der Waals surface area contributed by atoms with E-state index in [1.54, 1.807) is 17.0 Å². The molecule has 154 valence electrons. The van der Waals surface area contributed by atoms with Crippen molar-refractivity contribution in [2.24, 2.45) is 0 Å². The summed E-state index contributed by atoms with van der Waals surface area (Å²) in [6.07, 6.45) is 0.124. The molecule has 4 rings (SSSR count). The van der Waals surface area contributed by atoms with Gasteiger partial charge in [0.05, 0.1) is 37.3 Å². The molecule has 2 aliphatic rings. The van der Waals surface area contributed by atoms with Gasteiger partial charge in [0.15, 0.2) is 0 Å².